The van der Waals surface area contributed by atoms with E-state index < -0.39 is 33.0 Å². The zero-order chi connectivity index (χ0) is 15.6. The molecule has 7 heteroatoms. The molecule has 1 aromatic carbocycles. The molecule has 0 aliphatic heterocycles. The van der Waals surface area contributed by atoms with Crippen LogP contribution in [0.4, 0.5) is 10.1 Å². The molecule has 1 fully saturated rings. The standard InChI is InChI=1S/C14H18FNO4S/c1-9-5-3-7-11(15)13(9)16-21(18,19)12-8-4-6-10(12)14(17)20-2/h3,5,7,10,12,16H,4,6,8H2,1-2H3. The van der Waals surface area contributed by atoms with Crippen molar-refractivity contribution in [3.05, 3.63) is 29.6 Å². The summed E-state index contributed by atoms with van der Waals surface area (Å²) in [4.78, 5) is 11.7. The Kier molecular flexibility index (Phi) is 4.51. The molecular weight excluding hydrogens is 297 g/mol. The molecule has 0 saturated heterocycles. The molecule has 0 amide bonds. The Labute approximate surface area is 123 Å². The van der Waals surface area contributed by atoms with Crippen LogP contribution in [-0.4, -0.2) is 26.7 Å². The number of benzene rings is 1. The summed E-state index contributed by atoms with van der Waals surface area (Å²) in [5.41, 5.74) is 0.430. The van der Waals surface area contributed by atoms with Crippen LogP contribution in [0.2, 0.25) is 0 Å². The van der Waals surface area contributed by atoms with Crippen LogP contribution in [0.1, 0.15) is 24.8 Å². The fraction of sp³-hybridized carbons (Fsp3) is 0.500. The van der Waals surface area contributed by atoms with E-state index in [0.29, 0.717) is 24.8 Å². The molecule has 0 bridgehead atoms. The number of hydrogen-bond donors (Lipinski definition) is 1. The summed E-state index contributed by atoms with van der Waals surface area (Å²) in [5.74, 6) is -1.86. The van der Waals surface area contributed by atoms with Gasteiger partial charge >= 0.3 is 5.97 Å². The van der Waals surface area contributed by atoms with Gasteiger partial charge in [0.25, 0.3) is 0 Å². The number of rotatable bonds is 4. The summed E-state index contributed by atoms with van der Waals surface area (Å²) in [6.07, 6.45) is 1.46. The highest BCUT2D eigenvalue weighted by atomic mass is 32.2. The van der Waals surface area contributed by atoms with E-state index in [1.807, 2.05) is 0 Å². The Balaban J connectivity index is 2.28. The summed E-state index contributed by atoms with van der Waals surface area (Å²) >= 11 is 0. The normalized spacial score (nSPS) is 22.0. The molecule has 1 aliphatic carbocycles. The third-order valence-corrected chi connectivity index (χ3v) is 5.67. The second kappa shape index (κ2) is 6.01. The molecular formula is C14H18FNO4S. The Morgan fingerprint density at radius 3 is 2.71 bits per heavy atom. The Morgan fingerprint density at radius 2 is 2.10 bits per heavy atom. The number of anilines is 1. The number of para-hydroxylation sites is 1. The second-order valence-corrected chi connectivity index (χ2v) is 7.08. The Morgan fingerprint density at radius 1 is 1.38 bits per heavy atom. The van der Waals surface area contributed by atoms with Gasteiger partial charge in [0.05, 0.1) is 24.0 Å². The first kappa shape index (κ1) is 15.8. The van der Waals surface area contributed by atoms with E-state index in [1.165, 1.54) is 19.2 Å². The van der Waals surface area contributed by atoms with Gasteiger partial charge in [0.1, 0.15) is 5.82 Å². The fourth-order valence-corrected chi connectivity index (χ4v) is 4.55. The predicted octanol–water partition coefficient (Wildman–Crippen LogP) is 2.22. The minimum atomic E-state index is -3.85. The lowest BCUT2D eigenvalue weighted by Crippen LogP contribution is -2.35. The van der Waals surface area contributed by atoms with Gasteiger partial charge in [0.2, 0.25) is 10.0 Å². The number of halogens is 1. The summed E-state index contributed by atoms with van der Waals surface area (Å²) in [5, 5.41) is -0.885. The third-order valence-electron chi connectivity index (χ3n) is 3.82. The van der Waals surface area contributed by atoms with Gasteiger partial charge in [-0.1, -0.05) is 18.6 Å². The highest BCUT2D eigenvalue weighted by molar-refractivity contribution is 7.93. The Bertz CT molecular complexity index is 624. The van der Waals surface area contributed by atoms with Crippen LogP contribution >= 0.6 is 0 Å². The molecule has 21 heavy (non-hydrogen) atoms. The van der Waals surface area contributed by atoms with Gasteiger partial charge in [0, 0.05) is 0 Å². The van der Waals surface area contributed by atoms with Gasteiger partial charge in [-0.25, -0.2) is 12.8 Å². The van der Waals surface area contributed by atoms with E-state index in [2.05, 4.69) is 9.46 Å². The molecule has 5 nitrogen and oxygen atoms in total. The molecule has 1 aliphatic rings. The van der Waals surface area contributed by atoms with E-state index >= 15 is 0 Å². The molecule has 0 heterocycles. The van der Waals surface area contributed by atoms with Crippen LogP contribution in [0.25, 0.3) is 0 Å². The first-order valence-corrected chi connectivity index (χ1v) is 8.26. The Hall–Kier alpha value is -1.63. The van der Waals surface area contributed by atoms with E-state index in [-0.39, 0.29) is 5.69 Å². The fourth-order valence-electron chi connectivity index (χ4n) is 2.70. The van der Waals surface area contributed by atoms with Gasteiger partial charge in [-0.3, -0.25) is 9.52 Å². The monoisotopic (exact) mass is 315 g/mol. The van der Waals surface area contributed by atoms with Crippen LogP contribution in [0.5, 0.6) is 0 Å². The minimum absolute atomic E-state index is 0.0620. The summed E-state index contributed by atoms with van der Waals surface area (Å²) in [6, 6.07) is 4.32. The predicted molar refractivity (Wildman–Crippen MR) is 76.8 cm³/mol. The first-order valence-electron chi connectivity index (χ1n) is 6.71. The second-order valence-electron chi connectivity index (χ2n) is 5.18. The van der Waals surface area contributed by atoms with Gasteiger partial charge in [-0.15, -0.1) is 0 Å². The number of nitrogens with one attached hydrogen (secondary N) is 1. The van der Waals surface area contributed by atoms with Crippen molar-refractivity contribution < 1.29 is 22.3 Å². The van der Waals surface area contributed by atoms with Gasteiger partial charge in [-0.05, 0) is 31.4 Å². The van der Waals surface area contributed by atoms with Crippen LogP contribution in [0, 0.1) is 18.7 Å². The maximum atomic E-state index is 13.8. The van der Waals surface area contributed by atoms with Gasteiger partial charge in [0.15, 0.2) is 0 Å². The number of methoxy groups -OCH3 is 1. The summed E-state index contributed by atoms with van der Waals surface area (Å²) in [6.45, 7) is 1.62. The lowest BCUT2D eigenvalue weighted by molar-refractivity contribution is -0.145. The van der Waals surface area contributed by atoms with Crippen molar-refractivity contribution in [2.24, 2.45) is 5.92 Å². The number of sulfonamides is 1. The molecule has 2 unspecified atom stereocenters. The molecule has 2 rings (SSSR count). The lowest BCUT2D eigenvalue weighted by atomic mass is 10.1. The zero-order valence-corrected chi connectivity index (χ0v) is 12.7. The average molecular weight is 315 g/mol. The number of carbonyl (C=O) groups is 1. The van der Waals surface area contributed by atoms with Crippen LogP contribution in [0.3, 0.4) is 0 Å². The third kappa shape index (κ3) is 3.18. The lowest BCUT2D eigenvalue weighted by Gasteiger charge is -2.20. The molecule has 0 aromatic heterocycles. The van der Waals surface area contributed by atoms with Crippen molar-refractivity contribution in [2.75, 3.05) is 11.8 Å². The van der Waals surface area contributed by atoms with Crippen molar-refractivity contribution in [3.8, 4) is 0 Å². The van der Waals surface area contributed by atoms with Crippen LogP contribution < -0.4 is 4.72 Å². The number of ether oxygens (including phenoxy) is 1. The van der Waals surface area contributed by atoms with Gasteiger partial charge in [-0.2, -0.15) is 0 Å². The first-order chi connectivity index (χ1) is 9.86. The van der Waals surface area contributed by atoms with Crippen molar-refractivity contribution in [1.82, 2.24) is 0 Å². The molecule has 1 aromatic rings. The summed E-state index contributed by atoms with van der Waals surface area (Å²) in [7, 11) is -2.62. The summed E-state index contributed by atoms with van der Waals surface area (Å²) < 4.78 is 45.6. The topological polar surface area (TPSA) is 72.5 Å². The number of hydrogen-bond acceptors (Lipinski definition) is 4. The maximum absolute atomic E-state index is 13.8. The van der Waals surface area contributed by atoms with Crippen molar-refractivity contribution in [1.29, 1.82) is 0 Å². The van der Waals surface area contributed by atoms with Crippen LogP contribution in [-0.2, 0) is 19.6 Å². The maximum Gasteiger partial charge on any atom is 0.310 e. The van der Waals surface area contributed by atoms with Crippen molar-refractivity contribution in [2.45, 2.75) is 31.4 Å². The quantitative estimate of drug-likeness (QED) is 0.865. The molecule has 116 valence electrons. The van der Waals surface area contributed by atoms with E-state index in [0.717, 1.165) is 0 Å². The average Bonchev–Trinajstić information content (AvgIpc) is 2.92. The molecule has 1 N–H and O–H groups in total. The zero-order valence-electron chi connectivity index (χ0n) is 11.9. The smallest absolute Gasteiger partial charge is 0.310 e. The van der Waals surface area contributed by atoms with Gasteiger partial charge < -0.3 is 4.74 Å². The highest BCUT2D eigenvalue weighted by Gasteiger charge is 2.42. The molecule has 2 atom stereocenters. The minimum Gasteiger partial charge on any atom is -0.469 e. The number of esters is 1. The number of aryl methyl sites for hydroxylation is 1. The number of carbonyl (C=O) groups excluding carboxylic acids is 1. The van der Waals surface area contributed by atoms with E-state index in [9.17, 15) is 17.6 Å². The van der Waals surface area contributed by atoms with E-state index in [1.54, 1.807) is 13.0 Å². The highest BCUT2D eigenvalue weighted by Crippen LogP contribution is 2.33. The van der Waals surface area contributed by atoms with Crippen molar-refractivity contribution in [3.63, 3.8) is 0 Å². The van der Waals surface area contributed by atoms with Crippen molar-refractivity contribution >= 4 is 21.7 Å². The largest absolute Gasteiger partial charge is 0.469 e. The molecule has 0 radical (unpaired) electrons. The van der Waals surface area contributed by atoms with E-state index in [4.69, 9.17) is 0 Å². The van der Waals surface area contributed by atoms with Crippen LogP contribution in [0.15, 0.2) is 18.2 Å². The molecule has 0 spiro atoms. The SMILES string of the molecule is COC(=O)C1CCCC1S(=O)(=O)Nc1c(C)cccc1F. The molecule has 1 saturated carbocycles.